The van der Waals surface area contributed by atoms with Gasteiger partial charge in [-0.1, -0.05) is 28.1 Å². The molecule has 1 aliphatic rings. The molecule has 14 heavy (non-hydrogen) atoms. The molecule has 3 heteroatoms. The van der Waals surface area contributed by atoms with Gasteiger partial charge in [-0.25, -0.2) is 0 Å². The van der Waals surface area contributed by atoms with E-state index in [1.165, 1.54) is 5.56 Å². The number of benzene rings is 1. The van der Waals surface area contributed by atoms with Crippen LogP contribution in [0.2, 0.25) is 0 Å². The SMILES string of the molecule is ClC1CC(NCc2ccc(Br)cc2)C1. The first kappa shape index (κ1) is 10.5. The lowest BCUT2D eigenvalue weighted by molar-refractivity contribution is 0.345. The summed E-state index contributed by atoms with van der Waals surface area (Å²) >= 11 is 9.32. The van der Waals surface area contributed by atoms with Crippen LogP contribution < -0.4 is 5.32 Å². The molecule has 0 amide bonds. The Bertz CT molecular complexity index is 293. The summed E-state index contributed by atoms with van der Waals surface area (Å²) in [4.78, 5) is 0. The van der Waals surface area contributed by atoms with Crippen molar-refractivity contribution in [1.82, 2.24) is 5.32 Å². The Morgan fingerprint density at radius 3 is 2.50 bits per heavy atom. The van der Waals surface area contributed by atoms with Crippen LogP contribution in [0.3, 0.4) is 0 Å². The van der Waals surface area contributed by atoms with Crippen LogP contribution in [0.25, 0.3) is 0 Å². The van der Waals surface area contributed by atoms with Gasteiger partial charge < -0.3 is 5.32 Å². The minimum Gasteiger partial charge on any atom is -0.310 e. The molecule has 76 valence electrons. The first-order chi connectivity index (χ1) is 6.74. The summed E-state index contributed by atoms with van der Waals surface area (Å²) in [6, 6.07) is 9.03. The molecule has 1 aromatic carbocycles. The predicted octanol–water partition coefficient (Wildman–Crippen LogP) is 3.31. The van der Waals surface area contributed by atoms with Gasteiger partial charge in [0.15, 0.2) is 0 Å². The first-order valence-electron chi connectivity index (χ1n) is 4.86. The van der Waals surface area contributed by atoms with Crippen LogP contribution in [-0.4, -0.2) is 11.4 Å². The van der Waals surface area contributed by atoms with E-state index < -0.39 is 0 Å². The third-order valence-corrected chi connectivity index (χ3v) is 3.47. The van der Waals surface area contributed by atoms with Crippen molar-refractivity contribution in [3.8, 4) is 0 Å². The van der Waals surface area contributed by atoms with Crippen molar-refractivity contribution in [1.29, 1.82) is 0 Å². The van der Waals surface area contributed by atoms with Gasteiger partial charge >= 0.3 is 0 Å². The third kappa shape index (κ3) is 2.72. The van der Waals surface area contributed by atoms with Gasteiger partial charge in [-0.2, -0.15) is 0 Å². The van der Waals surface area contributed by atoms with Gasteiger partial charge in [-0.05, 0) is 30.5 Å². The maximum atomic E-state index is 5.90. The van der Waals surface area contributed by atoms with E-state index in [-0.39, 0.29) is 0 Å². The zero-order valence-electron chi connectivity index (χ0n) is 7.84. The molecule has 0 atom stereocenters. The Kier molecular flexibility index (Phi) is 3.47. The molecular weight excluding hydrogens is 261 g/mol. The van der Waals surface area contributed by atoms with Gasteiger partial charge in [0.05, 0.1) is 0 Å². The number of halogens is 2. The molecule has 0 bridgehead atoms. The highest BCUT2D eigenvalue weighted by molar-refractivity contribution is 9.10. The molecule has 1 nitrogen and oxygen atoms in total. The molecule has 0 saturated heterocycles. The maximum Gasteiger partial charge on any atom is 0.0365 e. The fourth-order valence-corrected chi connectivity index (χ4v) is 2.27. The van der Waals surface area contributed by atoms with Crippen molar-refractivity contribution >= 4 is 27.5 Å². The van der Waals surface area contributed by atoms with Crippen LogP contribution in [0.15, 0.2) is 28.7 Å². The summed E-state index contributed by atoms with van der Waals surface area (Å²) in [6.07, 6.45) is 2.22. The molecule has 0 unspecified atom stereocenters. The van der Waals surface area contributed by atoms with E-state index in [2.05, 4.69) is 45.5 Å². The monoisotopic (exact) mass is 273 g/mol. The highest BCUT2D eigenvalue weighted by atomic mass is 79.9. The van der Waals surface area contributed by atoms with Gasteiger partial charge in [0.25, 0.3) is 0 Å². The third-order valence-electron chi connectivity index (χ3n) is 2.59. The average Bonchev–Trinajstić information content (AvgIpc) is 2.13. The summed E-state index contributed by atoms with van der Waals surface area (Å²) in [5, 5.41) is 3.89. The lowest BCUT2D eigenvalue weighted by Crippen LogP contribution is -2.41. The molecule has 0 aromatic heterocycles. The molecule has 1 fully saturated rings. The van der Waals surface area contributed by atoms with Crippen LogP contribution in [-0.2, 0) is 6.54 Å². The van der Waals surface area contributed by atoms with Gasteiger partial charge in [-0.15, -0.1) is 11.6 Å². The van der Waals surface area contributed by atoms with E-state index >= 15 is 0 Å². The zero-order chi connectivity index (χ0) is 9.97. The summed E-state index contributed by atoms with van der Waals surface area (Å²) in [5.74, 6) is 0. The van der Waals surface area contributed by atoms with E-state index in [9.17, 15) is 0 Å². The maximum absolute atomic E-state index is 5.90. The number of nitrogens with one attached hydrogen (secondary N) is 1. The van der Waals surface area contributed by atoms with Crippen molar-refractivity contribution in [3.63, 3.8) is 0 Å². The molecule has 1 N–H and O–H groups in total. The summed E-state index contributed by atoms with van der Waals surface area (Å²) in [7, 11) is 0. The highest BCUT2D eigenvalue weighted by Crippen LogP contribution is 2.25. The molecule has 1 aromatic rings. The van der Waals surface area contributed by atoms with E-state index in [1.807, 2.05) is 0 Å². The van der Waals surface area contributed by atoms with Crippen molar-refractivity contribution < 1.29 is 0 Å². The second-order valence-electron chi connectivity index (χ2n) is 3.77. The summed E-state index contributed by atoms with van der Waals surface area (Å²) < 4.78 is 1.13. The average molecular weight is 275 g/mol. The number of hydrogen-bond acceptors (Lipinski definition) is 1. The zero-order valence-corrected chi connectivity index (χ0v) is 10.2. The van der Waals surface area contributed by atoms with Crippen LogP contribution in [0.5, 0.6) is 0 Å². The van der Waals surface area contributed by atoms with Gasteiger partial charge in [0.1, 0.15) is 0 Å². The first-order valence-corrected chi connectivity index (χ1v) is 6.09. The highest BCUT2D eigenvalue weighted by Gasteiger charge is 2.26. The van der Waals surface area contributed by atoms with Crippen LogP contribution >= 0.6 is 27.5 Å². The molecule has 0 aliphatic heterocycles. The summed E-state index contributed by atoms with van der Waals surface area (Å²) in [5.41, 5.74) is 1.33. The Balaban J connectivity index is 1.78. The van der Waals surface area contributed by atoms with E-state index in [1.54, 1.807) is 0 Å². The molecule has 0 radical (unpaired) electrons. The van der Waals surface area contributed by atoms with Crippen LogP contribution in [0.4, 0.5) is 0 Å². The molecule has 1 aliphatic carbocycles. The summed E-state index contributed by atoms with van der Waals surface area (Å²) in [6.45, 7) is 0.946. The molecule has 0 heterocycles. The topological polar surface area (TPSA) is 12.0 Å². The molecule has 2 rings (SSSR count). The Labute approximate surface area is 98.0 Å². The van der Waals surface area contributed by atoms with E-state index in [4.69, 9.17) is 11.6 Å². The second kappa shape index (κ2) is 4.65. The van der Waals surface area contributed by atoms with E-state index in [0.717, 1.165) is 23.9 Å². The van der Waals surface area contributed by atoms with Crippen molar-refractivity contribution in [2.45, 2.75) is 30.8 Å². The molecule has 0 spiro atoms. The fourth-order valence-electron chi connectivity index (χ4n) is 1.58. The number of alkyl halides is 1. The largest absolute Gasteiger partial charge is 0.310 e. The number of hydrogen-bond donors (Lipinski definition) is 1. The Hall–Kier alpha value is -0.0500. The van der Waals surface area contributed by atoms with Crippen LogP contribution in [0, 0.1) is 0 Å². The second-order valence-corrected chi connectivity index (χ2v) is 5.31. The number of rotatable bonds is 3. The Morgan fingerprint density at radius 2 is 1.93 bits per heavy atom. The molecular formula is C11H13BrClN. The van der Waals surface area contributed by atoms with Crippen LogP contribution in [0.1, 0.15) is 18.4 Å². The van der Waals surface area contributed by atoms with Crippen molar-refractivity contribution in [2.24, 2.45) is 0 Å². The van der Waals surface area contributed by atoms with E-state index in [0.29, 0.717) is 11.4 Å². The van der Waals surface area contributed by atoms with Gasteiger partial charge in [0, 0.05) is 22.4 Å². The quantitative estimate of drug-likeness (QED) is 0.834. The van der Waals surface area contributed by atoms with Crippen molar-refractivity contribution in [3.05, 3.63) is 34.3 Å². The Morgan fingerprint density at radius 1 is 1.29 bits per heavy atom. The fraction of sp³-hybridized carbons (Fsp3) is 0.455. The van der Waals surface area contributed by atoms with Gasteiger partial charge in [-0.3, -0.25) is 0 Å². The minimum atomic E-state index is 0.400. The lowest BCUT2D eigenvalue weighted by Gasteiger charge is -2.31. The molecule has 1 saturated carbocycles. The van der Waals surface area contributed by atoms with Gasteiger partial charge in [0.2, 0.25) is 0 Å². The minimum absolute atomic E-state index is 0.400. The standard InChI is InChI=1S/C11H13BrClN/c12-9-3-1-8(2-4-9)7-14-11-5-10(13)6-11/h1-4,10-11,14H,5-7H2. The predicted molar refractivity (Wildman–Crippen MR) is 63.6 cm³/mol. The lowest BCUT2D eigenvalue weighted by atomic mass is 9.92. The smallest absolute Gasteiger partial charge is 0.0365 e. The van der Waals surface area contributed by atoms with Crippen molar-refractivity contribution in [2.75, 3.05) is 0 Å². The normalized spacial score (nSPS) is 25.9.